The summed E-state index contributed by atoms with van der Waals surface area (Å²) in [7, 11) is 1.00. The number of nitrogens with one attached hydrogen (secondary N) is 1. The third-order valence-electron chi connectivity index (χ3n) is 5.07. The molecule has 7 nitrogen and oxygen atoms in total. The summed E-state index contributed by atoms with van der Waals surface area (Å²) < 4.78 is 11.1. The number of aliphatic hydroxyl groups excluding tert-OH is 1. The minimum absolute atomic E-state index is 0.0292. The van der Waals surface area contributed by atoms with Crippen LogP contribution in [0.25, 0.3) is 0 Å². The number of allylic oxidation sites excluding steroid dienone is 2. The first-order valence-electron chi connectivity index (χ1n) is 8.29. The molecule has 1 aliphatic carbocycles. The molecule has 134 valence electrons. The van der Waals surface area contributed by atoms with E-state index >= 15 is 0 Å². The highest BCUT2D eigenvalue weighted by atomic mass is 16.6. The van der Waals surface area contributed by atoms with Crippen LogP contribution < -0.4 is 5.32 Å². The normalized spacial score (nSPS) is 34.2. The summed E-state index contributed by atoms with van der Waals surface area (Å²) in [6.07, 6.45) is 4.62. The SMILES string of the molecule is CCC[C@H]1C(=O)N[C@@]2(C(=O)OC3=CC(=O)CCC3)CO[C@@]12C.CO. The number of aliphatic hydroxyl groups is 1. The quantitative estimate of drug-likeness (QED) is 0.736. The number of amides is 1. The maximum Gasteiger partial charge on any atom is 0.342 e. The van der Waals surface area contributed by atoms with Crippen molar-refractivity contribution in [2.45, 2.75) is 57.1 Å². The van der Waals surface area contributed by atoms with Gasteiger partial charge in [0.15, 0.2) is 11.3 Å². The third kappa shape index (κ3) is 2.75. The van der Waals surface area contributed by atoms with Crippen LogP contribution in [0.5, 0.6) is 0 Å². The zero-order valence-corrected chi connectivity index (χ0v) is 14.4. The van der Waals surface area contributed by atoms with Crippen molar-refractivity contribution in [3.63, 3.8) is 0 Å². The number of hydrogen-bond donors (Lipinski definition) is 2. The molecule has 24 heavy (non-hydrogen) atoms. The average molecular weight is 339 g/mol. The van der Waals surface area contributed by atoms with Crippen molar-refractivity contribution in [3.05, 3.63) is 11.8 Å². The molecule has 0 radical (unpaired) electrons. The van der Waals surface area contributed by atoms with Crippen LogP contribution in [0.15, 0.2) is 11.8 Å². The van der Waals surface area contributed by atoms with Gasteiger partial charge >= 0.3 is 5.97 Å². The third-order valence-corrected chi connectivity index (χ3v) is 5.07. The fourth-order valence-corrected chi connectivity index (χ4v) is 3.61. The van der Waals surface area contributed by atoms with Crippen molar-refractivity contribution in [3.8, 4) is 0 Å². The molecule has 2 fully saturated rings. The van der Waals surface area contributed by atoms with Crippen LogP contribution in [0.2, 0.25) is 0 Å². The Kier molecular flexibility index (Phi) is 5.45. The Morgan fingerprint density at radius 2 is 2.12 bits per heavy atom. The summed E-state index contributed by atoms with van der Waals surface area (Å²) >= 11 is 0. The molecule has 0 spiro atoms. The highest BCUT2D eigenvalue weighted by Gasteiger charge is 2.73. The van der Waals surface area contributed by atoms with Crippen LogP contribution in [-0.4, -0.2) is 47.6 Å². The van der Waals surface area contributed by atoms with Gasteiger partial charge in [-0.05, 0) is 19.8 Å². The molecule has 0 aromatic rings. The molecular formula is C17H25NO6. The number of ether oxygens (including phenoxy) is 2. The zero-order chi connectivity index (χ0) is 18.0. The van der Waals surface area contributed by atoms with Crippen molar-refractivity contribution >= 4 is 17.7 Å². The van der Waals surface area contributed by atoms with Crippen molar-refractivity contribution in [1.82, 2.24) is 5.32 Å². The van der Waals surface area contributed by atoms with E-state index in [-0.39, 0.29) is 24.2 Å². The number of carbonyl (C=O) groups is 3. The molecule has 0 unspecified atom stereocenters. The lowest BCUT2D eigenvalue weighted by atomic mass is 9.71. The number of carbonyl (C=O) groups excluding carboxylic acids is 3. The smallest absolute Gasteiger partial charge is 0.342 e. The van der Waals surface area contributed by atoms with Crippen LogP contribution in [0.1, 0.15) is 46.0 Å². The molecular weight excluding hydrogens is 314 g/mol. The molecule has 2 N–H and O–H groups in total. The molecule has 0 saturated carbocycles. The Morgan fingerprint density at radius 3 is 2.67 bits per heavy atom. The van der Waals surface area contributed by atoms with Gasteiger partial charge in [-0.1, -0.05) is 13.3 Å². The van der Waals surface area contributed by atoms with Crippen molar-refractivity contribution in [2.75, 3.05) is 13.7 Å². The fourth-order valence-electron chi connectivity index (χ4n) is 3.61. The minimum atomic E-state index is -1.12. The van der Waals surface area contributed by atoms with Gasteiger partial charge in [0.1, 0.15) is 11.4 Å². The predicted octanol–water partition coefficient (Wildman–Crippen LogP) is 0.849. The number of esters is 1. The molecule has 2 heterocycles. The van der Waals surface area contributed by atoms with Crippen LogP contribution in [-0.2, 0) is 23.9 Å². The van der Waals surface area contributed by atoms with E-state index < -0.39 is 17.1 Å². The van der Waals surface area contributed by atoms with E-state index in [9.17, 15) is 14.4 Å². The second-order valence-electron chi connectivity index (χ2n) is 6.45. The van der Waals surface area contributed by atoms with Gasteiger partial charge in [-0.3, -0.25) is 9.59 Å². The molecule has 0 aromatic carbocycles. The lowest BCUT2D eigenvalue weighted by molar-refractivity contribution is -0.228. The van der Waals surface area contributed by atoms with E-state index in [0.29, 0.717) is 31.4 Å². The summed E-state index contributed by atoms with van der Waals surface area (Å²) in [5, 5.41) is 9.79. The van der Waals surface area contributed by atoms with Crippen LogP contribution in [0.4, 0.5) is 0 Å². The minimum Gasteiger partial charge on any atom is -0.429 e. The van der Waals surface area contributed by atoms with Crippen molar-refractivity contribution in [1.29, 1.82) is 0 Å². The lowest BCUT2D eigenvalue weighted by Crippen LogP contribution is -2.74. The molecule has 0 aromatic heterocycles. The Morgan fingerprint density at radius 1 is 1.42 bits per heavy atom. The van der Waals surface area contributed by atoms with Gasteiger partial charge in [0.2, 0.25) is 5.91 Å². The van der Waals surface area contributed by atoms with E-state index in [1.54, 1.807) is 6.92 Å². The standard InChI is InChI=1S/C16H21NO5.CH4O/c1-3-5-12-13(19)17-16(9-21-15(12,16)2)14(20)22-11-7-4-6-10(18)8-11;1-2/h8,12H,3-7,9H2,1-2H3,(H,17,19);2H,1H3/t12-,15-,16+;/m0./s1. The van der Waals surface area contributed by atoms with E-state index in [2.05, 4.69) is 5.32 Å². The van der Waals surface area contributed by atoms with Gasteiger partial charge in [-0.15, -0.1) is 0 Å². The zero-order valence-electron chi connectivity index (χ0n) is 14.4. The Balaban J connectivity index is 0.00000100. The molecule has 0 bridgehead atoms. The van der Waals surface area contributed by atoms with Gasteiger partial charge in [0.05, 0.1) is 12.5 Å². The lowest BCUT2D eigenvalue weighted by Gasteiger charge is -2.51. The van der Waals surface area contributed by atoms with Gasteiger partial charge in [0, 0.05) is 26.0 Å². The van der Waals surface area contributed by atoms with E-state index in [0.717, 1.165) is 13.5 Å². The number of rotatable bonds is 4. The first-order valence-corrected chi connectivity index (χ1v) is 8.29. The number of hydrogen-bond acceptors (Lipinski definition) is 6. The Bertz CT molecular complexity index is 571. The van der Waals surface area contributed by atoms with Gasteiger partial charge in [0.25, 0.3) is 0 Å². The monoisotopic (exact) mass is 339 g/mol. The first-order chi connectivity index (χ1) is 11.4. The molecule has 7 heteroatoms. The van der Waals surface area contributed by atoms with Crippen molar-refractivity contribution in [2.24, 2.45) is 5.92 Å². The van der Waals surface area contributed by atoms with E-state index in [4.69, 9.17) is 14.6 Å². The fraction of sp³-hybridized carbons (Fsp3) is 0.706. The van der Waals surface area contributed by atoms with Crippen molar-refractivity contribution < 1.29 is 29.0 Å². The van der Waals surface area contributed by atoms with E-state index in [1.165, 1.54) is 6.08 Å². The summed E-state index contributed by atoms with van der Waals surface area (Å²) in [6, 6.07) is 0. The van der Waals surface area contributed by atoms with Gasteiger partial charge in [-0.25, -0.2) is 4.79 Å². The topological polar surface area (TPSA) is 102 Å². The molecule has 3 rings (SSSR count). The summed E-state index contributed by atoms with van der Waals surface area (Å²) in [5.74, 6) is -0.668. The second-order valence-corrected chi connectivity index (χ2v) is 6.45. The van der Waals surface area contributed by atoms with Gasteiger partial charge < -0.3 is 19.9 Å². The Hall–Kier alpha value is -1.73. The average Bonchev–Trinajstić information content (AvgIpc) is 2.70. The van der Waals surface area contributed by atoms with Crippen LogP contribution in [0.3, 0.4) is 0 Å². The largest absolute Gasteiger partial charge is 0.429 e. The molecule has 3 atom stereocenters. The maximum absolute atomic E-state index is 12.6. The molecule has 1 amide bonds. The summed E-state index contributed by atoms with van der Waals surface area (Å²) in [6.45, 7) is 3.90. The maximum atomic E-state index is 12.6. The van der Waals surface area contributed by atoms with Crippen LogP contribution >= 0.6 is 0 Å². The molecule has 2 saturated heterocycles. The van der Waals surface area contributed by atoms with E-state index in [1.807, 2.05) is 6.92 Å². The first kappa shape index (κ1) is 18.6. The van der Waals surface area contributed by atoms with Gasteiger partial charge in [-0.2, -0.15) is 0 Å². The highest BCUT2D eigenvalue weighted by molar-refractivity contribution is 5.98. The van der Waals surface area contributed by atoms with Crippen LogP contribution in [0, 0.1) is 5.92 Å². The highest BCUT2D eigenvalue weighted by Crippen LogP contribution is 2.50. The Labute approximate surface area is 141 Å². The summed E-state index contributed by atoms with van der Waals surface area (Å²) in [4.78, 5) is 36.3. The number of fused-ring (bicyclic) bond motifs is 1. The molecule has 2 aliphatic heterocycles. The number of ketones is 1. The second kappa shape index (κ2) is 7.03. The predicted molar refractivity (Wildman–Crippen MR) is 84.8 cm³/mol. The molecule has 3 aliphatic rings. The summed E-state index contributed by atoms with van der Waals surface area (Å²) in [5.41, 5.74) is -1.98.